The predicted molar refractivity (Wildman–Crippen MR) is 73.2 cm³/mol. The molecule has 2 heterocycles. The van der Waals surface area contributed by atoms with Crippen LogP contribution in [-0.4, -0.2) is 58.1 Å². The van der Waals surface area contributed by atoms with Gasteiger partial charge < -0.3 is 5.11 Å². The van der Waals surface area contributed by atoms with Crippen molar-refractivity contribution < 1.29 is 9.90 Å². The van der Waals surface area contributed by atoms with Crippen LogP contribution in [-0.2, 0) is 11.3 Å². The molecule has 1 aliphatic rings. The fourth-order valence-electron chi connectivity index (χ4n) is 2.24. The van der Waals surface area contributed by atoms with Gasteiger partial charge in [0.1, 0.15) is 6.04 Å². The summed E-state index contributed by atoms with van der Waals surface area (Å²) in [5.41, 5.74) is 1.07. The number of carbonyl (C=O) groups is 1. The van der Waals surface area contributed by atoms with E-state index in [0.29, 0.717) is 5.02 Å². The SMILES string of the molecule is CC(C(=O)O)N1CCN(Cc2ccncc2Cl)CC1. The van der Waals surface area contributed by atoms with Gasteiger partial charge in [-0.2, -0.15) is 0 Å². The molecule has 1 unspecified atom stereocenters. The third-order valence-corrected chi connectivity index (χ3v) is 3.90. The number of hydrogen-bond acceptors (Lipinski definition) is 4. The fourth-order valence-corrected chi connectivity index (χ4v) is 2.42. The molecule has 0 bridgehead atoms. The average molecular weight is 284 g/mol. The Balaban J connectivity index is 1.87. The van der Waals surface area contributed by atoms with E-state index in [0.717, 1.165) is 38.3 Å². The predicted octanol–water partition coefficient (Wildman–Crippen LogP) is 1.33. The lowest BCUT2D eigenvalue weighted by Crippen LogP contribution is -2.51. The van der Waals surface area contributed by atoms with E-state index in [4.69, 9.17) is 16.7 Å². The second-order valence-corrected chi connectivity index (χ2v) is 5.20. The van der Waals surface area contributed by atoms with Gasteiger partial charge in [0.15, 0.2) is 0 Å². The van der Waals surface area contributed by atoms with E-state index in [1.807, 2.05) is 11.0 Å². The van der Waals surface area contributed by atoms with Gasteiger partial charge in [0.25, 0.3) is 0 Å². The van der Waals surface area contributed by atoms with Crippen molar-refractivity contribution in [1.29, 1.82) is 0 Å². The molecule has 1 aromatic heterocycles. The highest BCUT2D eigenvalue weighted by Crippen LogP contribution is 2.17. The van der Waals surface area contributed by atoms with E-state index in [-0.39, 0.29) is 0 Å². The molecule has 0 aromatic carbocycles. The van der Waals surface area contributed by atoms with E-state index in [9.17, 15) is 4.79 Å². The van der Waals surface area contributed by atoms with Gasteiger partial charge in [-0.15, -0.1) is 0 Å². The van der Waals surface area contributed by atoms with Gasteiger partial charge in [-0.3, -0.25) is 19.6 Å². The van der Waals surface area contributed by atoms with Gasteiger partial charge in [-0.25, -0.2) is 0 Å². The summed E-state index contributed by atoms with van der Waals surface area (Å²) in [7, 11) is 0. The molecule has 19 heavy (non-hydrogen) atoms. The lowest BCUT2D eigenvalue weighted by Gasteiger charge is -2.36. The lowest BCUT2D eigenvalue weighted by atomic mass is 10.2. The van der Waals surface area contributed by atoms with Crippen LogP contribution < -0.4 is 0 Å². The first kappa shape index (κ1) is 14.2. The fraction of sp³-hybridized carbons (Fsp3) is 0.538. The van der Waals surface area contributed by atoms with Gasteiger partial charge >= 0.3 is 5.97 Å². The summed E-state index contributed by atoms with van der Waals surface area (Å²) in [5, 5.41) is 9.68. The maximum Gasteiger partial charge on any atom is 0.320 e. The minimum atomic E-state index is -0.759. The summed E-state index contributed by atoms with van der Waals surface area (Å²) in [6.45, 7) is 5.78. The van der Waals surface area contributed by atoms with Crippen LogP contribution in [0.3, 0.4) is 0 Å². The number of carboxylic acids is 1. The molecule has 1 saturated heterocycles. The third kappa shape index (κ3) is 3.65. The number of carboxylic acid groups (broad SMARTS) is 1. The molecule has 1 atom stereocenters. The van der Waals surface area contributed by atoms with Gasteiger partial charge in [-0.05, 0) is 18.6 Å². The monoisotopic (exact) mass is 283 g/mol. The van der Waals surface area contributed by atoms with Gasteiger partial charge in [-0.1, -0.05) is 11.6 Å². The Labute approximate surface area is 117 Å². The van der Waals surface area contributed by atoms with Crippen molar-refractivity contribution in [2.45, 2.75) is 19.5 Å². The Bertz CT molecular complexity index is 447. The molecule has 1 aliphatic heterocycles. The van der Waals surface area contributed by atoms with Crippen LogP contribution in [0.15, 0.2) is 18.5 Å². The normalized spacial score (nSPS) is 19.3. The molecule has 6 heteroatoms. The van der Waals surface area contributed by atoms with Crippen LogP contribution in [0.1, 0.15) is 12.5 Å². The second-order valence-electron chi connectivity index (χ2n) is 4.79. The largest absolute Gasteiger partial charge is 0.480 e. The minimum Gasteiger partial charge on any atom is -0.480 e. The molecule has 2 rings (SSSR count). The number of piperazine rings is 1. The molecule has 5 nitrogen and oxygen atoms in total. The quantitative estimate of drug-likeness (QED) is 0.903. The molecule has 0 spiro atoms. The number of halogens is 1. The minimum absolute atomic E-state index is 0.410. The van der Waals surface area contributed by atoms with Crippen molar-refractivity contribution >= 4 is 17.6 Å². The molecule has 1 N–H and O–H groups in total. The van der Waals surface area contributed by atoms with Gasteiger partial charge in [0, 0.05) is 45.1 Å². The molecular weight excluding hydrogens is 266 g/mol. The molecule has 0 amide bonds. The number of nitrogens with zero attached hydrogens (tertiary/aromatic N) is 3. The van der Waals surface area contributed by atoms with E-state index in [1.165, 1.54) is 0 Å². The van der Waals surface area contributed by atoms with Crippen molar-refractivity contribution in [1.82, 2.24) is 14.8 Å². The Hall–Kier alpha value is -1.17. The van der Waals surface area contributed by atoms with Crippen LogP contribution in [0.4, 0.5) is 0 Å². The summed E-state index contributed by atoms with van der Waals surface area (Å²) >= 11 is 6.09. The molecule has 0 radical (unpaired) electrons. The standard InChI is InChI=1S/C13H18ClN3O2/c1-10(13(18)19)17-6-4-16(5-7-17)9-11-2-3-15-8-12(11)14/h2-3,8,10H,4-7,9H2,1H3,(H,18,19). The van der Waals surface area contributed by atoms with Crippen molar-refractivity contribution in [3.63, 3.8) is 0 Å². The van der Waals surface area contributed by atoms with Crippen molar-refractivity contribution in [2.24, 2.45) is 0 Å². The molecular formula is C13H18ClN3O2. The van der Waals surface area contributed by atoms with Crippen LogP contribution in [0.5, 0.6) is 0 Å². The van der Waals surface area contributed by atoms with Crippen molar-refractivity contribution in [3.8, 4) is 0 Å². The highest BCUT2D eigenvalue weighted by Gasteiger charge is 2.25. The van der Waals surface area contributed by atoms with Gasteiger partial charge in [0.2, 0.25) is 0 Å². The summed E-state index contributed by atoms with van der Waals surface area (Å²) in [4.78, 5) is 19.2. The van der Waals surface area contributed by atoms with Crippen LogP contribution >= 0.6 is 11.6 Å². The number of aromatic nitrogens is 1. The smallest absolute Gasteiger partial charge is 0.320 e. The first-order valence-electron chi connectivity index (χ1n) is 6.35. The van der Waals surface area contributed by atoms with Crippen LogP contribution in [0, 0.1) is 0 Å². The van der Waals surface area contributed by atoms with Crippen LogP contribution in [0.2, 0.25) is 5.02 Å². The Morgan fingerprint density at radius 2 is 2.16 bits per heavy atom. The van der Waals surface area contributed by atoms with E-state index in [1.54, 1.807) is 19.3 Å². The Morgan fingerprint density at radius 1 is 1.47 bits per heavy atom. The highest BCUT2D eigenvalue weighted by atomic mass is 35.5. The molecule has 104 valence electrons. The summed E-state index contributed by atoms with van der Waals surface area (Å²) in [6, 6.07) is 1.51. The zero-order valence-electron chi connectivity index (χ0n) is 10.9. The molecule has 1 aromatic rings. The van der Waals surface area contributed by atoms with Crippen molar-refractivity contribution in [3.05, 3.63) is 29.0 Å². The van der Waals surface area contributed by atoms with Crippen LogP contribution in [0.25, 0.3) is 0 Å². The summed E-state index contributed by atoms with van der Waals surface area (Å²) < 4.78 is 0. The number of hydrogen-bond donors (Lipinski definition) is 1. The first-order chi connectivity index (χ1) is 9.08. The molecule has 0 aliphatic carbocycles. The zero-order valence-corrected chi connectivity index (χ0v) is 11.7. The maximum atomic E-state index is 10.9. The van der Waals surface area contributed by atoms with Gasteiger partial charge in [0.05, 0.1) is 5.02 Å². The molecule has 1 fully saturated rings. The summed E-state index contributed by atoms with van der Waals surface area (Å²) in [6.07, 6.45) is 3.39. The van der Waals surface area contributed by atoms with Crippen molar-refractivity contribution in [2.75, 3.05) is 26.2 Å². The second kappa shape index (κ2) is 6.32. The molecule has 0 saturated carbocycles. The highest BCUT2D eigenvalue weighted by molar-refractivity contribution is 6.31. The maximum absolute atomic E-state index is 10.9. The number of aliphatic carboxylic acids is 1. The number of rotatable bonds is 4. The topological polar surface area (TPSA) is 56.7 Å². The average Bonchev–Trinajstić information content (AvgIpc) is 2.41. The Kier molecular flexibility index (Phi) is 4.74. The van der Waals surface area contributed by atoms with E-state index in [2.05, 4.69) is 9.88 Å². The first-order valence-corrected chi connectivity index (χ1v) is 6.73. The Morgan fingerprint density at radius 3 is 2.74 bits per heavy atom. The van der Waals surface area contributed by atoms with E-state index < -0.39 is 12.0 Å². The lowest BCUT2D eigenvalue weighted by molar-refractivity contribution is -0.143. The van der Waals surface area contributed by atoms with E-state index >= 15 is 0 Å². The summed E-state index contributed by atoms with van der Waals surface area (Å²) in [5.74, 6) is -0.759. The zero-order chi connectivity index (χ0) is 13.8. The third-order valence-electron chi connectivity index (χ3n) is 3.56. The number of pyridine rings is 1.